The summed E-state index contributed by atoms with van der Waals surface area (Å²) in [5.74, 6) is -0.609. The van der Waals surface area contributed by atoms with Gasteiger partial charge < -0.3 is 19.4 Å². The van der Waals surface area contributed by atoms with Gasteiger partial charge in [0.2, 0.25) is 0 Å². The van der Waals surface area contributed by atoms with Gasteiger partial charge in [0.1, 0.15) is 5.76 Å². The molecule has 3 rings (SSSR count). The number of para-hydroxylation sites is 1. The number of carbonyl (C=O) groups is 3. The molecule has 3 aromatic rings. The van der Waals surface area contributed by atoms with Crippen LogP contribution in [0.1, 0.15) is 32.0 Å². The SMILES string of the molecule is CN(C(=O)COC(=O)c1cccc(CS(C)=O)c1)c1ccccc1C(=O)NCc1ccco1. The van der Waals surface area contributed by atoms with Crippen LogP contribution >= 0.6 is 0 Å². The third-order valence-electron chi connectivity index (χ3n) is 4.75. The third kappa shape index (κ3) is 6.63. The highest BCUT2D eigenvalue weighted by Crippen LogP contribution is 2.20. The first-order chi connectivity index (χ1) is 15.8. The summed E-state index contributed by atoms with van der Waals surface area (Å²) in [6.45, 7) is -0.290. The van der Waals surface area contributed by atoms with E-state index in [1.165, 1.54) is 18.2 Å². The molecule has 0 saturated carbocycles. The lowest BCUT2D eigenvalue weighted by Gasteiger charge is -2.20. The summed E-state index contributed by atoms with van der Waals surface area (Å²) in [4.78, 5) is 39.0. The molecular formula is C24H24N2O6S. The van der Waals surface area contributed by atoms with Gasteiger partial charge in [-0.15, -0.1) is 0 Å². The Balaban J connectivity index is 1.62. The summed E-state index contributed by atoms with van der Waals surface area (Å²) in [7, 11) is 0.462. The molecule has 1 heterocycles. The van der Waals surface area contributed by atoms with Crippen LogP contribution < -0.4 is 10.2 Å². The van der Waals surface area contributed by atoms with Gasteiger partial charge in [0.05, 0.1) is 29.6 Å². The van der Waals surface area contributed by atoms with Gasteiger partial charge in [-0.1, -0.05) is 24.3 Å². The van der Waals surface area contributed by atoms with E-state index in [9.17, 15) is 18.6 Å². The summed E-state index contributed by atoms with van der Waals surface area (Å²) in [5, 5.41) is 2.75. The van der Waals surface area contributed by atoms with Crippen LogP contribution in [-0.4, -0.2) is 41.9 Å². The summed E-state index contributed by atoms with van der Waals surface area (Å²) >= 11 is 0. The van der Waals surface area contributed by atoms with Gasteiger partial charge >= 0.3 is 5.97 Å². The maximum absolute atomic E-state index is 12.7. The lowest BCUT2D eigenvalue weighted by atomic mass is 10.1. The smallest absolute Gasteiger partial charge is 0.338 e. The molecule has 0 aliphatic rings. The van der Waals surface area contributed by atoms with Crippen LogP contribution in [-0.2, 0) is 32.6 Å². The van der Waals surface area contributed by atoms with Gasteiger partial charge in [0, 0.05) is 29.9 Å². The number of carbonyl (C=O) groups excluding carboxylic acids is 3. The Labute approximate surface area is 194 Å². The number of hydrogen-bond donors (Lipinski definition) is 1. The Morgan fingerprint density at radius 2 is 1.85 bits per heavy atom. The normalized spacial score (nSPS) is 11.5. The highest BCUT2D eigenvalue weighted by Gasteiger charge is 2.20. The topological polar surface area (TPSA) is 106 Å². The first-order valence-corrected chi connectivity index (χ1v) is 11.8. The number of esters is 1. The summed E-state index contributed by atoms with van der Waals surface area (Å²) in [6.07, 6.45) is 3.10. The van der Waals surface area contributed by atoms with E-state index in [0.717, 1.165) is 5.56 Å². The minimum Gasteiger partial charge on any atom is -0.467 e. The number of rotatable bonds is 9. The van der Waals surface area contributed by atoms with E-state index >= 15 is 0 Å². The first kappa shape index (κ1) is 23.9. The molecule has 172 valence electrons. The van der Waals surface area contributed by atoms with Crippen molar-refractivity contribution in [3.05, 3.63) is 89.4 Å². The minimum absolute atomic E-state index is 0.208. The predicted molar refractivity (Wildman–Crippen MR) is 124 cm³/mol. The van der Waals surface area contributed by atoms with E-state index in [4.69, 9.17) is 9.15 Å². The van der Waals surface area contributed by atoms with Gasteiger partial charge in [-0.3, -0.25) is 13.8 Å². The van der Waals surface area contributed by atoms with Crippen molar-refractivity contribution in [3.63, 3.8) is 0 Å². The quantitative estimate of drug-likeness (QED) is 0.484. The molecule has 0 fully saturated rings. The number of amides is 2. The van der Waals surface area contributed by atoms with E-state index in [1.807, 2.05) is 0 Å². The van der Waals surface area contributed by atoms with Crippen molar-refractivity contribution in [1.29, 1.82) is 0 Å². The van der Waals surface area contributed by atoms with Crippen molar-refractivity contribution in [2.75, 3.05) is 24.8 Å². The monoisotopic (exact) mass is 468 g/mol. The van der Waals surface area contributed by atoms with Gasteiger partial charge in [0.15, 0.2) is 6.61 Å². The molecule has 0 spiro atoms. The average Bonchev–Trinajstić information content (AvgIpc) is 3.33. The van der Waals surface area contributed by atoms with E-state index in [2.05, 4.69) is 5.32 Å². The van der Waals surface area contributed by atoms with Crippen LogP contribution in [0.25, 0.3) is 0 Å². The third-order valence-corrected chi connectivity index (χ3v) is 5.49. The van der Waals surface area contributed by atoms with Crippen LogP contribution in [0.3, 0.4) is 0 Å². The zero-order chi connectivity index (χ0) is 23.8. The molecule has 2 aromatic carbocycles. The van der Waals surface area contributed by atoms with Crippen molar-refractivity contribution in [3.8, 4) is 0 Å². The Kier molecular flexibility index (Phi) is 8.15. The number of hydrogen-bond acceptors (Lipinski definition) is 6. The van der Waals surface area contributed by atoms with E-state index in [1.54, 1.807) is 66.9 Å². The molecule has 2 amide bonds. The van der Waals surface area contributed by atoms with Crippen molar-refractivity contribution in [2.45, 2.75) is 12.3 Å². The van der Waals surface area contributed by atoms with Gasteiger partial charge in [-0.2, -0.15) is 0 Å². The average molecular weight is 469 g/mol. The maximum atomic E-state index is 12.7. The number of furan rings is 1. The van der Waals surface area contributed by atoms with E-state index < -0.39 is 29.3 Å². The Bertz CT molecular complexity index is 1160. The fourth-order valence-corrected chi connectivity index (χ4v) is 3.75. The Morgan fingerprint density at radius 1 is 1.06 bits per heavy atom. The Hall–Kier alpha value is -3.72. The number of ether oxygens (including phenoxy) is 1. The molecule has 1 atom stereocenters. The summed E-state index contributed by atoms with van der Waals surface area (Å²) in [5.41, 5.74) is 1.68. The van der Waals surface area contributed by atoms with Crippen molar-refractivity contribution >= 4 is 34.3 Å². The number of nitrogens with zero attached hydrogens (tertiary/aromatic N) is 1. The highest BCUT2D eigenvalue weighted by atomic mass is 32.2. The second-order valence-electron chi connectivity index (χ2n) is 7.23. The molecule has 1 N–H and O–H groups in total. The van der Waals surface area contributed by atoms with Crippen LogP contribution in [0, 0.1) is 0 Å². The van der Waals surface area contributed by atoms with Crippen LogP contribution in [0.2, 0.25) is 0 Å². The first-order valence-electron chi connectivity index (χ1n) is 10.1. The lowest BCUT2D eigenvalue weighted by Crippen LogP contribution is -2.33. The van der Waals surface area contributed by atoms with Crippen LogP contribution in [0.5, 0.6) is 0 Å². The molecule has 0 aliphatic heterocycles. The predicted octanol–water partition coefficient (Wildman–Crippen LogP) is 2.91. The standard InChI is InChI=1S/C24H24N2O6S/c1-26(21-11-4-3-10-20(21)23(28)25-14-19-9-6-12-31-19)22(27)15-32-24(29)18-8-5-7-17(13-18)16-33(2)30/h3-13H,14-16H2,1-2H3,(H,25,28). The summed E-state index contributed by atoms with van der Waals surface area (Å²) in [6, 6.07) is 16.7. The molecule has 1 unspecified atom stereocenters. The van der Waals surface area contributed by atoms with Gasteiger partial charge in [0.25, 0.3) is 11.8 Å². The minimum atomic E-state index is -1.04. The molecular weight excluding hydrogens is 444 g/mol. The molecule has 0 saturated heterocycles. The van der Waals surface area contributed by atoms with Crippen LogP contribution in [0.15, 0.2) is 71.3 Å². The zero-order valence-electron chi connectivity index (χ0n) is 18.3. The molecule has 0 bridgehead atoms. The largest absolute Gasteiger partial charge is 0.467 e. The molecule has 0 aliphatic carbocycles. The van der Waals surface area contributed by atoms with Crippen molar-refractivity contribution < 1.29 is 27.7 Å². The van der Waals surface area contributed by atoms with Crippen LogP contribution in [0.4, 0.5) is 5.69 Å². The molecule has 33 heavy (non-hydrogen) atoms. The Morgan fingerprint density at radius 3 is 2.58 bits per heavy atom. The van der Waals surface area contributed by atoms with E-state index in [-0.39, 0.29) is 18.0 Å². The molecule has 0 radical (unpaired) electrons. The molecule has 1 aromatic heterocycles. The lowest BCUT2D eigenvalue weighted by molar-refractivity contribution is -0.121. The second kappa shape index (κ2) is 11.2. The van der Waals surface area contributed by atoms with Gasteiger partial charge in [-0.25, -0.2) is 4.79 Å². The molecule has 8 nitrogen and oxygen atoms in total. The fraction of sp³-hybridized carbons (Fsp3) is 0.208. The van der Waals surface area contributed by atoms with Crippen molar-refractivity contribution in [2.24, 2.45) is 0 Å². The van der Waals surface area contributed by atoms with Crippen molar-refractivity contribution in [1.82, 2.24) is 5.32 Å². The second-order valence-corrected chi connectivity index (χ2v) is 8.66. The van der Waals surface area contributed by atoms with E-state index in [0.29, 0.717) is 22.8 Å². The van der Waals surface area contributed by atoms with Gasteiger partial charge in [-0.05, 0) is 42.0 Å². The number of anilines is 1. The number of likely N-dealkylation sites (N-methyl/N-ethyl adjacent to an activating group) is 1. The maximum Gasteiger partial charge on any atom is 0.338 e. The summed E-state index contributed by atoms with van der Waals surface area (Å²) < 4.78 is 21.8. The zero-order valence-corrected chi connectivity index (χ0v) is 19.1. The fourth-order valence-electron chi connectivity index (χ4n) is 3.10. The highest BCUT2D eigenvalue weighted by molar-refractivity contribution is 7.83. The number of benzene rings is 2. The molecule has 9 heteroatoms. The number of nitrogens with one attached hydrogen (secondary N) is 1.